The second kappa shape index (κ2) is 5.21. The second-order valence-corrected chi connectivity index (χ2v) is 5.75. The maximum atomic E-state index is 4.49. The number of fused-ring (bicyclic) bond motifs is 1. The Morgan fingerprint density at radius 3 is 2.76 bits per heavy atom. The van der Waals surface area contributed by atoms with Crippen LogP contribution in [0.3, 0.4) is 0 Å². The van der Waals surface area contributed by atoms with E-state index in [9.17, 15) is 0 Å². The summed E-state index contributed by atoms with van der Waals surface area (Å²) >= 11 is 0. The van der Waals surface area contributed by atoms with Gasteiger partial charge in [0.15, 0.2) is 0 Å². The number of anilines is 1. The lowest BCUT2D eigenvalue weighted by Crippen LogP contribution is -2.01. The molecule has 1 fully saturated rings. The van der Waals surface area contributed by atoms with Gasteiger partial charge >= 0.3 is 0 Å². The number of para-hydroxylation sites is 1. The van der Waals surface area contributed by atoms with E-state index in [-0.39, 0.29) is 0 Å². The predicted molar refractivity (Wildman–Crippen MR) is 87.5 cm³/mol. The molecule has 1 aromatic heterocycles. The monoisotopic (exact) mass is 274 g/mol. The number of benzene rings is 2. The van der Waals surface area contributed by atoms with Gasteiger partial charge in [-0.15, -0.1) is 0 Å². The maximum Gasteiger partial charge on any atom is 0.0933 e. The van der Waals surface area contributed by atoms with E-state index < -0.39 is 0 Å². The van der Waals surface area contributed by atoms with Crippen molar-refractivity contribution in [2.24, 2.45) is 0 Å². The molecular weight excluding hydrogens is 256 g/mol. The Morgan fingerprint density at radius 2 is 1.86 bits per heavy atom. The van der Waals surface area contributed by atoms with E-state index in [1.807, 2.05) is 12.3 Å². The predicted octanol–water partition coefficient (Wildman–Crippen LogP) is 4.72. The standard InChI is InChI=1S/C19H18N2/c1-4-14(12-17(6-1)15-9-10-15)13-21-18-8-2-5-16-7-3-11-20-19(16)18/h1-8,11-12,15,21H,9-10,13H2. The van der Waals surface area contributed by atoms with Crippen molar-refractivity contribution < 1.29 is 0 Å². The van der Waals surface area contributed by atoms with Gasteiger partial charge in [0.25, 0.3) is 0 Å². The molecule has 3 aromatic rings. The highest BCUT2D eigenvalue weighted by Gasteiger charge is 2.23. The van der Waals surface area contributed by atoms with Crippen molar-refractivity contribution >= 4 is 16.6 Å². The SMILES string of the molecule is c1cc(CNc2cccc3cccnc23)cc(C2CC2)c1. The van der Waals surface area contributed by atoms with Crippen molar-refractivity contribution in [1.29, 1.82) is 0 Å². The number of nitrogens with zero attached hydrogens (tertiary/aromatic N) is 1. The number of hydrogen-bond acceptors (Lipinski definition) is 2. The van der Waals surface area contributed by atoms with Gasteiger partial charge in [0, 0.05) is 18.1 Å². The molecule has 4 rings (SSSR count). The largest absolute Gasteiger partial charge is 0.379 e. The molecule has 0 spiro atoms. The van der Waals surface area contributed by atoms with Crippen LogP contribution in [0, 0.1) is 0 Å². The van der Waals surface area contributed by atoms with Crippen LogP contribution in [0.1, 0.15) is 29.9 Å². The smallest absolute Gasteiger partial charge is 0.0933 e. The minimum absolute atomic E-state index is 0.809. The highest BCUT2D eigenvalue weighted by atomic mass is 14.9. The highest BCUT2D eigenvalue weighted by Crippen LogP contribution is 2.40. The molecule has 0 atom stereocenters. The van der Waals surface area contributed by atoms with Gasteiger partial charge in [-0.1, -0.05) is 42.5 Å². The van der Waals surface area contributed by atoms with Crippen molar-refractivity contribution in [3.05, 3.63) is 71.9 Å². The summed E-state index contributed by atoms with van der Waals surface area (Å²) in [5, 5.41) is 4.70. The Labute approximate surface area is 124 Å². The van der Waals surface area contributed by atoms with Crippen LogP contribution in [0.25, 0.3) is 10.9 Å². The zero-order valence-corrected chi connectivity index (χ0v) is 11.9. The normalized spacial score (nSPS) is 14.3. The lowest BCUT2D eigenvalue weighted by molar-refractivity contribution is 1.09. The van der Waals surface area contributed by atoms with Gasteiger partial charge in [0.1, 0.15) is 0 Å². The van der Waals surface area contributed by atoms with Crippen molar-refractivity contribution in [3.63, 3.8) is 0 Å². The van der Waals surface area contributed by atoms with E-state index in [0.717, 1.165) is 23.7 Å². The first-order chi connectivity index (χ1) is 10.4. The average molecular weight is 274 g/mol. The summed E-state index contributed by atoms with van der Waals surface area (Å²) in [5.41, 5.74) is 4.97. The third kappa shape index (κ3) is 2.62. The summed E-state index contributed by atoms with van der Waals surface area (Å²) in [6, 6.07) is 19.3. The fraction of sp³-hybridized carbons (Fsp3) is 0.211. The van der Waals surface area contributed by atoms with Crippen LogP contribution >= 0.6 is 0 Å². The molecule has 1 N–H and O–H groups in total. The first kappa shape index (κ1) is 12.4. The number of hydrogen-bond donors (Lipinski definition) is 1. The number of rotatable bonds is 4. The minimum atomic E-state index is 0.809. The average Bonchev–Trinajstić information content (AvgIpc) is 3.38. The summed E-state index contributed by atoms with van der Waals surface area (Å²) in [6.07, 6.45) is 4.55. The summed E-state index contributed by atoms with van der Waals surface area (Å²) in [4.78, 5) is 4.49. The molecule has 2 heteroatoms. The van der Waals surface area contributed by atoms with Gasteiger partial charge in [-0.3, -0.25) is 4.98 Å². The molecule has 2 nitrogen and oxygen atoms in total. The van der Waals surface area contributed by atoms with Crippen molar-refractivity contribution in [2.75, 3.05) is 5.32 Å². The molecule has 1 aliphatic carbocycles. The number of pyridine rings is 1. The zero-order chi connectivity index (χ0) is 14.1. The van der Waals surface area contributed by atoms with E-state index in [1.54, 1.807) is 0 Å². The molecule has 21 heavy (non-hydrogen) atoms. The molecule has 2 aromatic carbocycles. The molecule has 1 heterocycles. The van der Waals surface area contributed by atoms with E-state index in [1.165, 1.54) is 29.4 Å². The van der Waals surface area contributed by atoms with Crippen LogP contribution < -0.4 is 5.32 Å². The molecular formula is C19H18N2. The van der Waals surface area contributed by atoms with Gasteiger partial charge in [-0.05, 0) is 42.0 Å². The van der Waals surface area contributed by atoms with Crippen molar-refractivity contribution in [3.8, 4) is 0 Å². The van der Waals surface area contributed by atoms with E-state index >= 15 is 0 Å². The van der Waals surface area contributed by atoms with E-state index in [4.69, 9.17) is 0 Å². The second-order valence-electron chi connectivity index (χ2n) is 5.75. The summed E-state index contributed by atoms with van der Waals surface area (Å²) in [6.45, 7) is 0.843. The van der Waals surface area contributed by atoms with E-state index in [2.05, 4.69) is 58.8 Å². The Hall–Kier alpha value is -2.35. The van der Waals surface area contributed by atoms with Gasteiger partial charge in [-0.2, -0.15) is 0 Å². The zero-order valence-electron chi connectivity index (χ0n) is 11.9. The summed E-state index contributed by atoms with van der Waals surface area (Å²) in [7, 11) is 0. The molecule has 104 valence electrons. The number of nitrogens with one attached hydrogen (secondary N) is 1. The van der Waals surface area contributed by atoms with E-state index in [0.29, 0.717) is 0 Å². The third-order valence-corrected chi connectivity index (χ3v) is 4.12. The van der Waals surface area contributed by atoms with Gasteiger partial charge in [0.05, 0.1) is 11.2 Å². The highest BCUT2D eigenvalue weighted by molar-refractivity contribution is 5.90. The fourth-order valence-electron chi connectivity index (χ4n) is 2.82. The molecule has 0 unspecified atom stereocenters. The van der Waals surface area contributed by atoms with Crippen LogP contribution in [0.15, 0.2) is 60.8 Å². The van der Waals surface area contributed by atoms with Crippen LogP contribution in [-0.2, 0) is 6.54 Å². The van der Waals surface area contributed by atoms with Crippen LogP contribution in [0.2, 0.25) is 0 Å². The summed E-state index contributed by atoms with van der Waals surface area (Å²) < 4.78 is 0. The molecule has 1 aliphatic rings. The summed E-state index contributed by atoms with van der Waals surface area (Å²) in [5.74, 6) is 0.809. The Morgan fingerprint density at radius 1 is 1.00 bits per heavy atom. The van der Waals surface area contributed by atoms with Crippen LogP contribution in [-0.4, -0.2) is 4.98 Å². The lowest BCUT2D eigenvalue weighted by atomic mass is 10.1. The minimum Gasteiger partial charge on any atom is -0.379 e. The first-order valence-corrected chi connectivity index (χ1v) is 7.56. The van der Waals surface area contributed by atoms with Gasteiger partial charge < -0.3 is 5.32 Å². The maximum absolute atomic E-state index is 4.49. The quantitative estimate of drug-likeness (QED) is 0.744. The van der Waals surface area contributed by atoms with Gasteiger partial charge in [-0.25, -0.2) is 0 Å². The lowest BCUT2D eigenvalue weighted by Gasteiger charge is -2.10. The molecule has 0 saturated heterocycles. The topological polar surface area (TPSA) is 24.9 Å². The molecule has 0 amide bonds. The molecule has 0 radical (unpaired) electrons. The van der Waals surface area contributed by atoms with Crippen molar-refractivity contribution in [2.45, 2.75) is 25.3 Å². The third-order valence-electron chi connectivity index (χ3n) is 4.12. The Bertz CT molecular complexity index is 770. The Kier molecular flexibility index (Phi) is 3.07. The number of aromatic nitrogens is 1. The first-order valence-electron chi connectivity index (χ1n) is 7.56. The Balaban J connectivity index is 1.56. The molecule has 0 bridgehead atoms. The molecule has 0 aliphatic heterocycles. The van der Waals surface area contributed by atoms with Crippen LogP contribution in [0.5, 0.6) is 0 Å². The fourth-order valence-corrected chi connectivity index (χ4v) is 2.82. The molecule has 1 saturated carbocycles. The van der Waals surface area contributed by atoms with Crippen molar-refractivity contribution in [1.82, 2.24) is 4.98 Å². The van der Waals surface area contributed by atoms with Crippen LogP contribution in [0.4, 0.5) is 5.69 Å². The van der Waals surface area contributed by atoms with Gasteiger partial charge in [0.2, 0.25) is 0 Å².